The lowest BCUT2D eigenvalue weighted by Gasteiger charge is -2.18. The van der Waals surface area contributed by atoms with Crippen molar-refractivity contribution in [2.45, 2.75) is 24.8 Å². The molecule has 2 N–H and O–H groups in total. The van der Waals surface area contributed by atoms with Gasteiger partial charge in [-0.05, 0) is 28.8 Å². The van der Waals surface area contributed by atoms with Gasteiger partial charge in [0.05, 0.1) is 23.2 Å². The van der Waals surface area contributed by atoms with E-state index < -0.39 is 5.54 Å². The summed E-state index contributed by atoms with van der Waals surface area (Å²) in [4.78, 5) is 0. The molecule has 92 valence electrons. The standard InChI is InChI=1S/C12H13BrFNO2/c13-7-6-8-11(17-5-1-4-16-8)9(10(7)14)12(15)2-3-12/h6H,1-5,15H2. The van der Waals surface area contributed by atoms with E-state index in [4.69, 9.17) is 15.2 Å². The van der Waals surface area contributed by atoms with Gasteiger partial charge in [-0.3, -0.25) is 0 Å². The van der Waals surface area contributed by atoms with Crippen LogP contribution in [0.1, 0.15) is 24.8 Å². The molecule has 0 radical (unpaired) electrons. The summed E-state index contributed by atoms with van der Waals surface area (Å²) in [6.07, 6.45) is 2.37. The van der Waals surface area contributed by atoms with Crippen LogP contribution in [0.4, 0.5) is 4.39 Å². The number of ether oxygens (including phenoxy) is 2. The molecule has 3 nitrogen and oxygen atoms in total. The summed E-state index contributed by atoms with van der Waals surface area (Å²) in [7, 11) is 0. The van der Waals surface area contributed by atoms with Crippen LogP contribution in [0.5, 0.6) is 11.5 Å². The van der Waals surface area contributed by atoms with Crippen molar-refractivity contribution in [2.75, 3.05) is 13.2 Å². The van der Waals surface area contributed by atoms with E-state index >= 15 is 0 Å². The van der Waals surface area contributed by atoms with Gasteiger partial charge < -0.3 is 15.2 Å². The zero-order valence-electron chi connectivity index (χ0n) is 9.26. The molecule has 2 aliphatic rings. The Labute approximate surface area is 107 Å². The molecule has 17 heavy (non-hydrogen) atoms. The van der Waals surface area contributed by atoms with Gasteiger partial charge in [-0.15, -0.1) is 0 Å². The highest BCUT2D eigenvalue weighted by Gasteiger charge is 2.46. The molecule has 0 atom stereocenters. The van der Waals surface area contributed by atoms with Crippen molar-refractivity contribution < 1.29 is 13.9 Å². The lowest BCUT2D eigenvalue weighted by molar-refractivity contribution is 0.295. The van der Waals surface area contributed by atoms with E-state index in [2.05, 4.69) is 15.9 Å². The summed E-state index contributed by atoms with van der Waals surface area (Å²) in [6.45, 7) is 1.12. The summed E-state index contributed by atoms with van der Waals surface area (Å²) in [5.41, 5.74) is 6.00. The molecule has 0 unspecified atom stereocenters. The fourth-order valence-corrected chi connectivity index (χ4v) is 2.49. The first kappa shape index (κ1) is 11.3. The number of halogens is 2. The number of benzene rings is 1. The van der Waals surface area contributed by atoms with Crippen LogP contribution in [-0.2, 0) is 5.54 Å². The van der Waals surface area contributed by atoms with Crippen molar-refractivity contribution >= 4 is 15.9 Å². The molecule has 5 heteroatoms. The van der Waals surface area contributed by atoms with Crippen LogP contribution in [0.15, 0.2) is 10.5 Å². The average molecular weight is 302 g/mol. The summed E-state index contributed by atoms with van der Waals surface area (Å²) in [6, 6.07) is 1.62. The molecule has 1 heterocycles. The molecule has 1 aliphatic carbocycles. The number of hydrogen-bond donors (Lipinski definition) is 1. The molecule has 1 fully saturated rings. The van der Waals surface area contributed by atoms with E-state index in [-0.39, 0.29) is 5.82 Å². The quantitative estimate of drug-likeness (QED) is 0.867. The zero-order chi connectivity index (χ0) is 12.0. The summed E-state index contributed by atoms with van der Waals surface area (Å²) in [5, 5.41) is 0. The van der Waals surface area contributed by atoms with Crippen molar-refractivity contribution in [3.63, 3.8) is 0 Å². The third-order valence-electron chi connectivity index (χ3n) is 3.22. The second kappa shape index (κ2) is 3.85. The van der Waals surface area contributed by atoms with Crippen LogP contribution in [0, 0.1) is 5.82 Å². The number of rotatable bonds is 1. The minimum absolute atomic E-state index is 0.325. The Bertz CT molecular complexity index is 474. The molecule has 0 spiro atoms. The lowest BCUT2D eigenvalue weighted by Crippen LogP contribution is -2.22. The molecule has 3 rings (SSSR count). The van der Waals surface area contributed by atoms with Gasteiger partial charge in [0.25, 0.3) is 0 Å². The van der Waals surface area contributed by atoms with Gasteiger partial charge in [-0.1, -0.05) is 0 Å². The molecular formula is C12H13BrFNO2. The molecule has 1 aromatic carbocycles. The Morgan fingerprint density at radius 1 is 1.29 bits per heavy atom. The van der Waals surface area contributed by atoms with Crippen molar-refractivity contribution in [1.29, 1.82) is 0 Å². The average Bonchev–Trinajstić information content (AvgIpc) is 3.05. The van der Waals surface area contributed by atoms with Gasteiger partial charge in [-0.25, -0.2) is 4.39 Å². The number of hydrogen-bond acceptors (Lipinski definition) is 3. The maximum Gasteiger partial charge on any atom is 0.169 e. The second-order valence-corrected chi connectivity index (χ2v) is 5.44. The Morgan fingerprint density at radius 2 is 2.00 bits per heavy atom. The molecule has 0 amide bonds. The lowest BCUT2D eigenvalue weighted by atomic mass is 10.0. The predicted molar refractivity (Wildman–Crippen MR) is 64.8 cm³/mol. The van der Waals surface area contributed by atoms with Crippen LogP contribution in [0.3, 0.4) is 0 Å². The first-order valence-electron chi connectivity index (χ1n) is 5.69. The topological polar surface area (TPSA) is 44.5 Å². The van der Waals surface area contributed by atoms with E-state index in [9.17, 15) is 4.39 Å². The monoisotopic (exact) mass is 301 g/mol. The Balaban J connectivity index is 2.20. The summed E-state index contributed by atoms with van der Waals surface area (Å²) >= 11 is 3.20. The highest BCUT2D eigenvalue weighted by Crippen LogP contribution is 2.52. The van der Waals surface area contributed by atoms with Crippen LogP contribution in [0.2, 0.25) is 0 Å². The normalized spacial score (nSPS) is 20.9. The first-order chi connectivity index (χ1) is 8.12. The van der Waals surface area contributed by atoms with Crippen LogP contribution >= 0.6 is 15.9 Å². The van der Waals surface area contributed by atoms with Crippen LogP contribution in [0.25, 0.3) is 0 Å². The number of fused-ring (bicyclic) bond motifs is 1. The maximum atomic E-state index is 14.2. The first-order valence-corrected chi connectivity index (χ1v) is 6.48. The van der Waals surface area contributed by atoms with Gasteiger partial charge in [-0.2, -0.15) is 0 Å². The third kappa shape index (κ3) is 1.81. The predicted octanol–water partition coefficient (Wildman–Crippen LogP) is 2.70. The maximum absolute atomic E-state index is 14.2. The largest absolute Gasteiger partial charge is 0.490 e. The third-order valence-corrected chi connectivity index (χ3v) is 3.79. The SMILES string of the molecule is NC1(c2c(F)c(Br)cc3c2OCCCO3)CC1. The molecule has 0 saturated heterocycles. The van der Waals surface area contributed by atoms with Crippen molar-refractivity contribution in [3.8, 4) is 11.5 Å². The van der Waals surface area contributed by atoms with Gasteiger partial charge in [0.15, 0.2) is 11.5 Å². The minimum atomic E-state index is -0.578. The second-order valence-electron chi connectivity index (χ2n) is 4.58. The van der Waals surface area contributed by atoms with Gasteiger partial charge in [0.2, 0.25) is 0 Å². The van der Waals surface area contributed by atoms with Crippen molar-refractivity contribution in [2.24, 2.45) is 5.73 Å². The van der Waals surface area contributed by atoms with E-state index in [0.29, 0.717) is 34.7 Å². The van der Waals surface area contributed by atoms with E-state index in [0.717, 1.165) is 19.3 Å². The fourth-order valence-electron chi connectivity index (χ4n) is 2.08. The van der Waals surface area contributed by atoms with Crippen LogP contribution < -0.4 is 15.2 Å². The molecule has 1 aromatic rings. The minimum Gasteiger partial charge on any atom is -0.490 e. The molecule has 1 saturated carbocycles. The van der Waals surface area contributed by atoms with Gasteiger partial charge in [0.1, 0.15) is 5.82 Å². The molecular weight excluding hydrogens is 289 g/mol. The van der Waals surface area contributed by atoms with E-state index in [1.165, 1.54) is 0 Å². The Morgan fingerprint density at radius 3 is 2.71 bits per heavy atom. The Hall–Kier alpha value is -0.810. The highest BCUT2D eigenvalue weighted by molar-refractivity contribution is 9.10. The Kier molecular flexibility index (Phi) is 2.56. The highest BCUT2D eigenvalue weighted by atomic mass is 79.9. The van der Waals surface area contributed by atoms with E-state index in [1.54, 1.807) is 6.07 Å². The number of nitrogens with two attached hydrogens (primary N) is 1. The molecule has 1 aliphatic heterocycles. The van der Waals surface area contributed by atoms with Crippen molar-refractivity contribution in [3.05, 3.63) is 21.9 Å². The van der Waals surface area contributed by atoms with Crippen molar-refractivity contribution in [1.82, 2.24) is 0 Å². The fraction of sp³-hybridized carbons (Fsp3) is 0.500. The van der Waals surface area contributed by atoms with Gasteiger partial charge >= 0.3 is 0 Å². The van der Waals surface area contributed by atoms with Gasteiger partial charge in [0, 0.05) is 18.0 Å². The smallest absolute Gasteiger partial charge is 0.169 e. The van der Waals surface area contributed by atoms with Crippen LogP contribution in [-0.4, -0.2) is 13.2 Å². The summed E-state index contributed by atoms with van der Waals surface area (Å²) in [5.74, 6) is 0.750. The molecule has 0 aromatic heterocycles. The van der Waals surface area contributed by atoms with E-state index in [1.807, 2.05) is 0 Å². The summed E-state index contributed by atoms with van der Waals surface area (Å²) < 4.78 is 25.8. The molecule has 0 bridgehead atoms. The zero-order valence-corrected chi connectivity index (χ0v) is 10.8.